The number of aliphatic hydroxyl groups is 2. The van der Waals surface area contributed by atoms with Gasteiger partial charge >= 0.3 is 11.9 Å². The summed E-state index contributed by atoms with van der Waals surface area (Å²) in [7, 11) is 0. The quantitative estimate of drug-likeness (QED) is 0.422. The van der Waals surface area contributed by atoms with Crippen LogP contribution in [0, 0.1) is 0 Å². The minimum atomic E-state index is -0.757. The SMILES string of the molecule is C=C(C)C(=O)OCCO.C=C(O)C(=O)OCC. The number of carbonyl (C=O) groups excluding carboxylic acids is 2. The summed E-state index contributed by atoms with van der Waals surface area (Å²) < 4.78 is 8.78. The number of ether oxygens (including phenoxy) is 2. The normalized spacial score (nSPS) is 8.41. The van der Waals surface area contributed by atoms with Crippen molar-refractivity contribution < 1.29 is 29.3 Å². The van der Waals surface area contributed by atoms with Crippen molar-refractivity contribution in [2.75, 3.05) is 19.8 Å². The summed E-state index contributed by atoms with van der Waals surface area (Å²) in [5.41, 5.74) is 0.350. The van der Waals surface area contributed by atoms with Crippen LogP contribution in [0.2, 0.25) is 0 Å². The molecule has 0 amide bonds. The second-order valence-electron chi connectivity index (χ2n) is 2.81. The maximum atomic E-state index is 10.5. The molecule has 0 aliphatic carbocycles. The lowest BCUT2D eigenvalue weighted by Crippen LogP contribution is -2.08. The van der Waals surface area contributed by atoms with E-state index in [1.54, 1.807) is 13.8 Å². The van der Waals surface area contributed by atoms with Crippen LogP contribution < -0.4 is 0 Å². The van der Waals surface area contributed by atoms with Crippen molar-refractivity contribution >= 4 is 11.9 Å². The highest BCUT2D eigenvalue weighted by atomic mass is 16.5. The predicted octanol–water partition coefficient (Wildman–Crippen LogP) is 0.719. The van der Waals surface area contributed by atoms with Gasteiger partial charge in [-0.3, -0.25) is 0 Å². The molecule has 0 radical (unpaired) electrons. The van der Waals surface area contributed by atoms with Crippen molar-refractivity contribution in [3.8, 4) is 0 Å². The fourth-order valence-corrected chi connectivity index (χ4v) is 0.476. The Morgan fingerprint density at radius 2 is 1.71 bits per heavy atom. The average molecular weight is 246 g/mol. The predicted molar refractivity (Wildman–Crippen MR) is 61.3 cm³/mol. The Bertz CT molecular complexity index is 282. The van der Waals surface area contributed by atoms with Crippen LogP contribution in [0.15, 0.2) is 24.5 Å². The Kier molecular flexibility index (Phi) is 11.0. The number of hydrogen-bond donors (Lipinski definition) is 2. The first-order chi connectivity index (χ1) is 7.86. The molecule has 6 nitrogen and oxygen atoms in total. The first kappa shape index (κ1) is 17.6. The Morgan fingerprint density at radius 3 is 1.94 bits per heavy atom. The number of carbonyl (C=O) groups is 2. The highest BCUT2D eigenvalue weighted by molar-refractivity contribution is 5.86. The molecule has 0 heterocycles. The zero-order chi connectivity index (χ0) is 13.8. The molecule has 2 N–H and O–H groups in total. The molecular formula is C11H18O6. The second-order valence-corrected chi connectivity index (χ2v) is 2.81. The van der Waals surface area contributed by atoms with Crippen molar-refractivity contribution in [3.05, 3.63) is 24.5 Å². The molecule has 0 aromatic rings. The van der Waals surface area contributed by atoms with Crippen molar-refractivity contribution in [2.24, 2.45) is 0 Å². The lowest BCUT2D eigenvalue weighted by Gasteiger charge is -1.99. The highest BCUT2D eigenvalue weighted by Gasteiger charge is 2.02. The maximum Gasteiger partial charge on any atom is 0.372 e. The van der Waals surface area contributed by atoms with Gasteiger partial charge in [-0.05, 0) is 20.4 Å². The first-order valence-electron chi connectivity index (χ1n) is 4.85. The molecule has 0 rings (SSSR count). The minimum absolute atomic E-state index is 0.0473. The summed E-state index contributed by atoms with van der Waals surface area (Å²) in [4.78, 5) is 20.6. The first-order valence-corrected chi connectivity index (χ1v) is 4.85. The smallest absolute Gasteiger partial charge is 0.372 e. The van der Waals surface area contributed by atoms with Crippen LogP contribution in [0.25, 0.3) is 0 Å². The van der Waals surface area contributed by atoms with Crippen molar-refractivity contribution in [1.82, 2.24) is 0 Å². The van der Waals surface area contributed by atoms with Gasteiger partial charge in [0, 0.05) is 5.57 Å². The summed E-state index contributed by atoms with van der Waals surface area (Å²) in [6, 6.07) is 0. The molecule has 0 spiro atoms. The number of hydrogen-bond acceptors (Lipinski definition) is 6. The van der Waals surface area contributed by atoms with Gasteiger partial charge in [0.1, 0.15) is 6.61 Å². The standard InChI is InChI=1S/C6H10O3.C5H8O3/c1-5(2)6(8)9-4-3-7;1-3-8-5(7)4(2)6/h7H,1,3-4H2,2H3;6H,2-3H2,1H3. The molecule has 0 aromatic heterocycles. The van der Waals surface area contributed by atoms with E-state index in [-0.39, 0.29) is 19.8 Å². The van der Waals surface area contributed by atoms with E-state index >= 15 is 0 Å². The summed E-state index contributed by atoms with van der Waals surface area (Å²) in [5.74, 6) is -1.76. The molecule has 0 saturated heterocycles. The fourth-order valence-electron chi connectivity index (χ4n) is 0.476. The Morgan fingerprint density at radius 1 is 1.18 bits per heavy atom. The molecule has 98 valence electrons. The van der Waals surface area contributed by atoms with Gasteiger partial charge in [-0.1, -0.05) is 6.58 Å². The van der Waals surface area contributed by atoms with Crippen LogP contribution >= 0.6 is 0 Å². The molecule has 0 unspecified atom stereocenters. The monoisotopic (exact) mass is 246 g/mol. The van der Waals surface area contributed by atoms with Gasteiger partial charge in [-0.2, -0.15) is 0 Å². The summed E-state index contributed by atoms with van der Waals surface area (Å²) in [6.45, 7) is 9.69. The maximum absolute atomic E-state index is 10.5. The lowest BCUT2D eigenvalue weighted by molar-refractivity contribution is -0.141. The van der Waals surface area contributed by atoms with Gasteiger partial charge in [-0.25, -0.2) is 9.59 Å². The third-order valence-electron chi connectivity index (χ3n) is 1.18. The summed E-state index contributed by atoms with van der Waals surface area (Å²) >= 11 is 0. The fraction of sp³-hybridized carbons (Fsp3) is 0.455. The molecule has 0 bridgehead atoms. The summed E-state index contributed by atoms with van der Waals surface area (Å²) in [5, 5.41) is 16.5. The van der Waals surface area contributed by atoms with Gasteiger partial charge in [0.15, 0.2) is 5.76 Å². The second kappa shape index (κ2) is 10.7. The van der Waals surface area contributed by atoms with Gasteiger partial charge < -0.3 is 19.7 Å². The van der Waals surface area contributed by atoms with Crippen LogP contribution in [-0.2, 0) is 19.1 Å². The van der Waals surface area contributed by atoms with E-state index in [2.05, 4.69) is 22.6 Å². The average Bonchev–Trinajstić information content (AvgIpc) is 2.26. The molecule has 0 saturated carbocycles. The zero-order valence-corrected chi connectivity index (χ0v) is 10.1. The molecule has 17 heavy (non-hydrogen) atoms. The minimum Gasteiger partial charge on any atom is -0.502 e. The molecule has 0 atom stereocenters. The Balaban J connectivity index is 0. The van der Waals surface area contributed by atoms with E-state index in [1.165, 1.54) is 0 Å². The van der Waals surface area contributed by atoms with Crippen molar-refractivity contribution in [3.63, 3.8) is 0 Å². The van der Waals surface area contributed by atoms with Gasteiger partial charge in [0.25, 0.3) is 0 Å². The molecule has 0 fully saturated rings. The van der Waals surface area contributed by atoms with Gasteiger partial charge in [0.05, 0.1) is 13.2 Å². The van der Waals surface area contributed by atoms with E-state index in [0.29, 0.717) is 5.57 Å². The van der Waals surface area contributed by atoms with Crippen molar-refractivity contribution in [2.45, 2.75) is 13.8 Å². The number of rotatable bonds is 5. The van der Waals surface area contributed by atoms with E-state index in [0.717, 1.165) is 0 Å². The molecule has 0 aromatic carbocycles. The van der Waals surface area contributed by atoms with Gasteiger partial charge in [0.2, 0.25) is 0 Å². The van der Waals surface area contributed by atoms with E-state index in [4.69, 9.17) is 10.2 Å². The third-order valence-corrected chi connectivity index (χ3v) is 1.18. The number of esters is 2. The van der Waals surface area contributed by atoms with Crippen LogP contribution in [0.4, 0.5) is 0 Å². The largest absolute Gasteiger partial charge is 0.502 e. The zero-order valence-electron chi connectivity index (χ0n) is 10.1. The lowest BCUT2D eigenvalue weighted by atomic mass is 10.4. The number of aliphatic hydroxyl groups excluding tert-OH is 2. The highest BCUT2D eigenvalue weighted by Crippen LogP contribution is 1.90. The molecular weight excluding hydrogens is 228 g/mol. The molecule has 0 aliphatic heterocycles. The Labute approximate surface area is 100 Å². The van der Waals surface area contributed by atoms with Crippen LogP contribution in [0.1, 0.15) is 13.8 Å². The van der Waals surface area contributed by atoms with Gasteiger partial charge in [-0.15, -0.1) is 0 Å². The van der Waals surface area contributed by atoms with E-state index in [9.17, 15) is 9.59 Å². The molecule has 6 heteroatoms. The molecule has 0 aliphatic rings. The van der Waals surface area contributed by atoms with Crippen LogP contribution in [0.3, 0.4) is 0 Å². The third kappa shape index (κ3) is 12.1. The Hall–Kier alpha value is -1.82. The van der Waals surface area contributed by atoms with Crippen molar-refractivity contribution in [1.29, 1.82) is 0 Å². The van der Waals surface area contributed by atoms with Crippen LogP contribution in [0.5, 0.6) is 0 Å². The van der Waals surface area contributed by atoms with Crippen LogP contribution in [-0.4, -0.2) is 42.0 Å². The topological polar surface area (TPSA) is 93.1 Å². The van der Waals surface area contributed by atoms with E-state index < -0.39 is 17.7 Å². The van der Waals surface area contributed by atoms with E-state index in [1.807, 2.05) is 0 Å². The summed E-state index contributed by atoms with van der Waals surface area (Å²) in [6.07, 6.45) is 0.